The van der Waals surface area contributed by atoms with Crippen molar-refractivity contribution in [2.24, 2.45) is 5.92 Å². The van der Waals surface area contributed by atoms with Crippen molar-refractivity contribution in [3.05, 3.63) is 35.9 Å². The van der Waals surface area contributed by atoms with E-state index in [1.54, 1.807) is 6.08 Å². The van der Waals surface area contributed by atoms with E-state index in [-0.39, 0.29) is 0 Å². The predicted molar refractivity (Wildman–Crippen MR) is 80.8 cm³/mol. The zero-order valence-electron chi connectivity index (χ0n) is 11.3. The highest BCUT2D eigenvalue weighted by Crippen LogP contribution is 2.14. The number of ether oxygens (including phenoxy) is 1. The second-order valence-corrected chi connectivity index (χ2v) is 5.71. The van der Waals surface area contributed by atoms with Crippen molar-refractivity contribution in [2.75, 3.05) is 18.1 Å². The molecule has 0 saturated heterocycles. The van der Waals surface area contributed by atoms with Gasteiger partial charge in [0, 0.05) is 11.8 Å². The molecule has 19 heavy (non-hydrogen) atoms. The summed E-state index contributed by atoms with van der Waals surface area (Å²) in [6.07, 6.45) is 2.68. The molecular weight excluding hydrogens is 260 g/mol. The van der Waals surface area contributed by atoms with Gasteiger partial charge in [-0.05, 0) is 35.4 Å². The van der Waals surface area contributed by atoms with Crippen molar-refractivity contribution >= 4 is 23.8 Å². The fourth-order valence-corrected chi connectivity index (χ4v) is 2.22. The number of rotatable bonds is 8. The first kappa shape index (κ1) is 15.6. The van der Waals surface area contributed by atoms with Crippen molar-refractivity contribution in [1.82, 2.24) is 0 Å². The molecule has 1 aromatic carbocycles. The van der Waals surface area contributed by atoms with Crippen molar-refractivity contribution in [1.29, 1.82) is 0 Å². The fourth-order valence-electron chi connectivity index (χ4n) is 1.38. The molecule has 0 radical (unpaired) electrons. The molecule has 1 rings (SSSR count). The largest absolute Gasteiger partial charge is 0.493 e. The Bertz CT molecular complexity index is 410. The fraction of sp³-hybridized carbons (Fsp3) is 0.400. The third-order valence-corrected chi connectivity index (χ3v) is 3.60. The third-order valence-electron chi connectivity index (χ3n) is 2.25. The Hall–Kier alpha value is -1.42. The molecule has 0 unspecified atom stereocenters. The molecule has 0 aliphatic carbocycles. The number of aliphatic carboxylic acids is 1. The van der Waals surface area contributed by atoms with Gasteiger partial charge in [0.1, 0.15) is 5.75 Å². The minimum atomic E-state index is -0.942. The Balaban J connectivity index is 2.30. The van der Waals surface area contributed by atoms with E-state index in [2.05, 4.69) is 13.8 Å². The van der Waals surface area contributed by atoms with Gasteiger partial charge in [-0.25, -0.2) is 4.79 Å². The van der Waals surface area contributed by atoms with Crippen LogP contribution >= 0.6 is 11.8 Å². The second kappa shape index (κ2) is 8.64. The second-order valence-electron chi connectivity index (χ2n) is 4.56. The van der Waals surface area contributed by atoms with Crippen LogP contribution in [0.15, 0.2) is 30.3 Å². The lowest BCUT2D eigenvalue weighted by molar-refractivity contribution is -0.131. The maximum Gasteiger partial charge on any atom is 0.328 e. The Morgan fingerprint density at radius 1 is 1.37 bits per heavy atom. The first-order chi connectivity index (χ1) is 9.08. The highest BCUT2D eigenvalue weighted by molar-refractivity contribution is 7.99. The maximum atomic E-state index is 10.4. The summed E-state index contributed by atoms with van der Waals surface area (Å²) in [6, 6.07) is 7.40. The van der Waals surface area contributed by atoms with Crippen LogP contribution < -0.4 is 4.74 Å². The summed E-state index contributed by atoms with van der Waals surface area (Å²) in [6.45, 7) is 5.11. The van der Waals surface area contributed by atoms with Gasteiger partial charge in [0.05, 0.1) is 6.61 Å². The summed E-state index contributed by atoms with van der Waals surface area (Å²) >= 11 is 1.89. The highest BCUT2D eigenvalue weighted by Gasteiger charge is 1.97. The molecule has 0 aliphatic heterocycles. The Morgan fingerprint density at radius 3 is 2.63 bits per heavy atom. The number of hydrogen-bond donors (Lipinski definition) is 1. The van der Waals surface area contributed by atoms with Gasteiger partial charge in [0.2, 0.25) is 0 Å². The lowest BCUT2D eigenvalue weighted by Gasteiger charge is -2.07. The van der Waals surface area contributed by atoms with Crippen LogP contribution in [-0.4, -0.2) is 29.2 Å². The molecule has 0 aliphatic rings. The molecule has 0 bridgehead atoms. The molecule has 0 amide bonds. The van der Waals surface area contributed by atoms with E-state index in [1.807, 2.05) is 36.0 Å². The summed E-state index contributed by atoms with van der Waals surface area (Å²) < 4.78 is 5.61. The number of carboxylic acids is 1. The van der Waals surface area contributed by atoms with Crippen LogP contribution in [0.5, 0.6) is 5.75 Å². The van der Waals surface area contributed by atoms with E-state index in [1.165, 1.54) is 0 Å². The maximum absolute atomic E-state index is 10.4. The van der Waals surface area contributed by atoms with Crippen molar-refractivity contribution in [3.8, 4) is 5.75 Å². The average molecular weight is 280 g/mol. The smallest absolute Gasteiger partial charge is 0.328 e. The quantitative estimate of drug-likeness (QED) is 0.584. The topological polar surface area (TPSA) is 46.5 Å². The first-order valence-electron chi connectivity index (χ1n) is 6.29. The van der Waals surface area contributed by atoms with Crippen LogP contribution in [0.3, 0.4) is 0 Å². The molecule has 4 heteroatoms. The van der Waals surface area contributed by atoms with E-state index >= 15 is 0 Å². The van der Waals surface area contributed by atoms with Gasteiger partial charge in [-0.2, -0.15) is 11.8 Å². The number of carboxylic acid groups (broad SMARTS) is 1. The van der Waals surface area contributed by atoms with Crippen molar-refractivity contribution in [2.45, 2.75) is 13.8 Å². The summed E-state index contributed by atoms with van der Waals surface area (Å²) in [5.74, 6) is 2.73. The van der Waals surface area contributed by atoms with Gasteiger partial charge in [-0.15, -0.1) is 0 Å². The van der Waals surface area contributed by atoms with Crippen molar-refractivity contribution < 1.29 is 14.6 Å². The van der Waals surface area contributed by atoms with Crippen LogP contribution in [0.1, 0.15) is 19.4 Å². The number of thioether (sulfide) groups is 1. The van der Waals surface area contributed by atoms with Crippen LogP contribution in [0.4, 0.5) is 0 Å². The zero-order valence-corrected chi connectivity index (χ0v) is 12.2. The molecule has 1 aromatic rings. The molecule has 0 saturated carbocycles. The molecule has 104 valence electrons. The zero-order chi connectivity index (χ0) is 14.1. The van der Waals surface area contributed by atoms with Gasteiger partial charge in [0.15, 0.2) is 0 Å². The van der Waals surface area contributed by atoms with Gasteiger partial charge in [-0.1, -0.05) is 26.0 Å². The lowest BCUT2D eigenvalue weighted by atomic mass is 10.2. The van der Waals surface area contributed by atoms with Crippen LogP contribution in [0.25, 0.3) is 6.08 Å². The third kappa shape index (κ3) is 7.57. The van der Waals surface area contributed by atoms with E-state index in [0.717, 1.165) is 28.9 Å². The van der Waals surface area contributed by atoms with Gasteiger partial charge in [-0.3, -0.25) is 0 Å². The summed E-state index contributed by atoms with van der Waals surface area (Å²) in [7, 11) is 0. The standard InChI is InChI=1S/C15H20O3S/c1-12(2)11-19-10-9-18-14-6-3-13(4-7-14)5-8-15(16)17/h3-8,12H,9-11H2,1-2H3,(H,16,17). The Morgan fingerprint density at radius 2 is 2.05 bits per heavy atom. The summed E-state index contributed by atoms with van der Waals surface area (Å²) in [5.41, 5.74) is 0.851. The molecule has 0 atom stereocenters. The van der Waals surface area contributed by atoms with Crippen molar-refractivity contribution in [3.63, 3.8) is 0 Å². The average Bonchev–Trinajstić information content (AvgIpc) is 2.37. The van der Waals surface area contributed by atoms with E-state index < -0.39 is 5.97 Å². The molecular formula is C15H20O3S. The summed E-state index contributed by atoms with van der Waals surface area (Å²) in [5, 5.41) is 8.52. The summed E-state index contributed by atoms with van der Waals surface area (Å²) in [4.78, 5) is 10.4. The molecule has 3 nitrogen and oxygen atoms in total. The normalized spacial score (nSPS) is 11.1. The predicted octanol–water partition coefficient (Wildman–Crippen LogP) is 3.55. The van der Waals surface area contributed by atoms with Crippen LogP contribution in [0.2, 0.25) is 0 Å². The molecule has 0 aromatic heterocycles. The minimum Gasteiger partial charge on any atom is -0.493 e. The molecule has 0 heterocycles. The lowest BCUT2D eigenvalue weighted by Crippen LogP contribution is -2.02. The van der Waals surface area contributed by atoms with Crippen LogP contribution in [-0.2, 0) is 4.79 Å². The highest BCUT2D eigenvalue weighted by atomic mass is 32.2. The first-order valence-corrected chi connectivity index (χ1v) is 7.45. The van der Waals surface area contributed by atoms with Gasteiger partial charge >= 0.3 is 5.97 Å². The molecule has 0 fully saturated rings. The Kier molecular flexibility index (Phi) is 7.11. The molecule has 0 spiro atoms. The van der Waals surface area contributed by atoms with E-state index in [4.69, 9.17) is 9.84 Å². The van der Waals surface area contributed by atoms with Crippen LogP contribution in [0, 0.1) is 5.92 Å². The van der Waals surface area contributed by atoms with Gasteiger partial charge in [0.25, 0.3) is 0 Å². The monoisotopic (exact) mass is 280 g/mol. The Labute approximate surface area is 118 Å². The number of hydrogen-bond acceptors (Lipinski definition) is 3. The minimum absolute atomic E-state index is 0.696. The number of carbonyl (C=O) groups is 1. The van der Waals surface area contributed by atoms with E-state index in [9.17, 15) is 4.79 Å². The van der Waals surface area contributed by atoms with E-state index in [0.29, 0.717) is 12.5 Å². The number of benzene rings is 1. The molecule has 1 N–H and O–H groups in total. The van der Waals surface area contributed by atoms with Gasteiger partial charge < -0.3 is 9.84 Å². The SMILES string of the molecule is CC(C)CSCCOc1ccc(C=CC(=O)O)cc1.